The van der Waals surface area contributed by atoms with Crippen LogP contribution in [-0.4, -0.2) is 39.9 Å². The van der Waals surface area contributed by atoms with Gasteiger partial charge in [0.15, 0.2) is 16.4 Å². The van der Waals surface area contributed by atoms with Crippen LogP contribution in [0, 0.1) is 11.6 Å². The van der Waals surface area contributed by atoms with Gasteiger partial charge in [0.1, 0.15) is 23.1 Å². The lowest BCUT2D eigenvalue weighted by atomic mass is 10.0. The number of carbonyl (C=O) groups excluding carboxylic acids is 1. The summed E-state index contributed by atoms with van der Waals surface area (Å²) in [5.41, 5.74) is -1.06. The van der Waals surface area contributed by atoms with Crippen LogP contribution in [0.4, 0.5) is 27.8 Å². The van der Waals surface area contributed by atoms with E-state index in [4.69, 9.17) is 0 Å². The van der Waals surface area contributed by atoms with Crippen LogP contribution in [-0.2, 0) is 21.0 Å². The molecule has 1 saturated carbocycles. The minimum atomic E-state index is -4.89. The van der Waals surface area contributed by atoms with Gasteiger partial charge in [-0.2, -0.15) is 13.2 Å². The molecule has 2 aliphatic carbocycles. The highest BCUT2D eigenvalue weighted by Crippen LogP contribution is 2.35. The Balaban J connectivity index is 1.56. The molecule has 0 saturated heterocycles. The van der Waals surface area contributed by atoms with Crippen molar-refractivity contribution in [2.45, 2.75) is 36.0 Å². The second kappa shape index (κ2) is 8.78. The molecule has 1 fully saturated rings. The van der Waals surface area contributed by atoms with Gasteiger partial charge in [0, 0.05) is 6.04 Å². The Hall–Kier alpha value is -4.10. The number of hydrogen-bond donors (Lipinski definition) is 2. The number of hydrogen-bond acceptors (Lipinski definition) is 7. The minimum absolute atomic E-state index is 0.00339. The van der Waals surface area contributed by atoms with Crippen molar-refractivity contribution < 1.29 is 35.2 Å². The first kappa shape index (κ1) is 24.6. The van der Waals surface area contributed by atoms with Crippen molar-refractivity contribution in [3.05, 3.63) is 71.5 Å². The Morgan fingerprint density at radius 2 is 1.81 bits per heavy atom. The Morgan fingerprint density at radius 3 is 2.43 bits per heavy atom. The molecule has 0 bridgehead atoms. The van der Waals surface area contributed by atoms with Gasteiger partial charge < -0.3 is 9.88 Å². The maximum atomic E-state index is 14.1. The van der Waals surface area contributed by atoms with Gasteiger partial charge in [0.2, 0.25) is 5.82 Å². The maximum absolute atomic E-state index is 14.1. The van der Waals surface area contributed by atoms with E-state index in [1.54, 1.807) is 5.94 Å². The van der Waals surface area contributed by atoms with Crippen LogP contribution < -0.4 is 10.0 Å². The van der Waals surface area contributed by atoms with Gasteiger partial charge in [-0.05, 0) is 31.1 Å². The van der Waals surface area contributed by atoms with Gasteiger partial charge in [-0.1, -0.05) is 18.2 Å². The largest absolute Gasteiger partial charge is 0.451 e. The van der Waals surface area contributed by atoms with E-state index >= 15 is 0 Å². The molecule has 9 nitrogen and oxygen atoms in total. The molecule has 2 heterocycles. The summed E-state index contributed by atoms with van der Waals surface area (Å²) in [6.07, 6.45) is 1.54. The predicted molar refractivity (Wildman–Crippen MR) is 119 cm³/mol. The Kier molecular flexibility index (Phi) is 5.83. The molecule has 0 radical (unpaired) electrons. The van der Waals surface area contributed by atoms with Crippen LogP contribution >= 0.6 is 0 Å². The molecule has 192 valence electrons. The van der Waals surface area contributed by atoms with Crippen LogP contribution in [0.25, 0.3) is 11.2 Å². The van der Waals surface area contributed by atoms with Crippen molar-refractivity contribution >= 4 is 32.9 Å². The molecule has 0 amide bonds. The average molecular weight is 538 g/mol. The quantitative estimate of drug-likeness (QED) is 0.365. The van der Waals surface area contributed by atoms with Crippen LogP contribution in [0.15, 0.2) is 58.9 Å². The fourth-order valence-electron chi connectivity index (χ4n) is 3.74. The third-order valence-corrected chi connectivity index (χ3v) is 6.99. The van der Waals surface area contributed by atoms with Crippen molar-refractivity contribution in [1.29, 1.82) is 0 Å². The molecule has 1 atom stereocenters. The molecule has 1 unspecified atom stereocenters. The van der Waals surface area contributed by atoms with Gasteiger partial charge in [-0.25, -0.2) is 36.9 Å². The normalized spacial score (nSPS) is 18.0. The van der Waals surface area contributed by atoms with E-state index in [0.29, 0.717) is 0 Å². The second-order valence-electron chi connectivity index (χ2n) is 8.22. The number of anilines is 1. The SMILES string of the molecule is O=C=C1C(NS(=O)(=O)c2c(F)cccc2F)=CC=CC1n1cnc2c(NC3CC3)nc(C(F)(F)F)nc21. The summed E-state index contributed by atoms with van der Waals surface area (Å²) in [4.78, 5) is 21.9. The molecule has 37 heavy (non-hydrogen) atoms. The van der Waals surface area contributed by atoms with E-state index in [2.05, 4.69) is 20.3 Å². The number of rotatable bonds is 6. The molecular formula is C22H15F5N6O3S. The summed E-state index contributed by atoms with van der Waals surface area (Å²) in [6.45, 7) is 0. The third-order valence-electron chi connectivity index (χ3n) is 5.58. The van der Waals surface area contributed by atoms with Crippen molar-refractivity contribution in [1.82, 2.24) is 24.2 Å². The first-order valence-corrected chi connectivity index (χ1v) is 12.2. The summed E-state index contributed by atoms with van der Waals surface area (Å²) in [5.74, 6) is -2.73. The van der Waals surface area contributed by atoms with Crippen LogP contribution in [0.3, 0.4) is 0 Å². The third kappa shape index (κ3) is 4.58. The fourth-order valence-corrected chi connectivity index (χ4v) is 4.96. The lowest BCUT2D eigenvalue weighted by molar-refractivity contribution is -0.144. The summed E-state index contributed by atoms with van der Waals surface area (Å²) >= 11 is 0. The molecule has 2 aromatic heterocycles. The number of allylic oxidation sites excluding steroid dienone is 4. The first-order valence-electron chi connectivity index (χ1n) is 10.7. The van der Waals surface area contributed by atoms with Gasteiger partial charge in [0.25, 0.3) is 10.0 Å². The molecule has 0 spiro atoms. The number of fused-ring (bicyclic) bond motifs is 1. The van der Waals surface area contributed by atoms with Gasteiger partial charge in [-0.3, -0.25) is 4.72 Å². The molecule has 15 heteroatoms. The molecular weight excluding hydrogens is 523 g/mol. The standard InChI is InChI=1S/C22H15F5N6O3S/c23-13-3-1-4-14(24)18(13)37(35,36)32-15-5-2-6-16(12(15)9-34)33-10-28-17-19(29-11-7-8-11)30-21(22(25,26)27)31-20(17)33/h1-6,10-11,16,32H,7-8H2,(H,29,30,31). The smallest absolute Gasteiger partial charge is 0.365 e. The van der Waals surface area contributed by atoms with Crippen LogP contribution in [0.5, 0.6) is 0 Å². The zero-order valence-electron chi connectivity index (χ0n) is 18.4. The predicted octanol–water partition coefficient (Wildman–Crippen LogP) is 3.43. The van der Waals surface area contributed by atoms with Crippen molar-refractivity contribution in [2.75, 3.05) is 5.32 Å². The highest BCUT2D eigenvalue weighted by molar-refractivity contribution is 7.89. The van der Waals surface area contributed by atoms with Crippen LogP contribution in [0.1, 0.15) is 24.7 Å². The van der Waals surface area contributed by atoms with Crippen molar-refractivity contribution in [3.63, 3.8) is 0 Å². The Bertz CT molecular complexity index is 1620. The van der Waals surface area contributed by atoms with E-state index in [0.717, 1.165) is 48.0 Å². The van der Waals surface area contributed by atoms with Gasteiger partial charge in [0.05, 0.1) is 23.6 Å². The monoisotopic (exact) mass is 538 g/mol. The van der Waals surface area contributed by atoms with Crippen molar-refractivity contribution in [3.8, 4) is 0 Å². The highest BCUT2D eigenvalue weighted by Gasteiger charge is 2.38. The van der Waals surface area contributed by atoms with E-state index < -0.39 is 50.3 Å². The number of alkyl halides is 3. The molecule has 2 aliphatic rings. The molecule has 3 aromatic rings. The number of nitrogens with one attached hydrogen (secondary N) is 2. The zero-order valence-corrected chi connectivity index (χ0v) is 19.2. The summed E-state index contributed by atoms with van der Waals surface area (Å²) in [7, 11) is -4.85. The average Bonchev–Trinajstić information content (AvgIpc) is 3.53. The number of aromatic nitrogens is 4. The first-order chi connectivity index (χ1) is 17.5. The Morgan fingerprint density at radius 1 is 1.11 bits per heavy atom. The Labute approximate surface area is 205 Å². The number of halogens is 5. The summed E-state index contributed by atoms with van der Waals surface area (Å²) in [6, 6.07) is 1.20. The minimum Gasteiger partial charge on any atom is -0.365 e. The zero-order chi connectivity index (χ0) is 26.5. The van der Waals surface area contributed by atoms with E-state index in [1.807, 2.05) is 4.72 Å². The van der Waals surface area contributed by atoms with Gasteiger partial charge >= 0.3 is 6.18 Å². The van der Waals surface area contributed by atoms with E-state index in [1.165, 1.54) is 12.2 Å². The van der Waals surface area contributed by atoms with E-state index in [-0.39, 0.29) is 28.6 Å². The molecule has 2 N–H and O–H groups in total. The van der Waals surface area contributed by atoms with E-state index in [9.17, 15) is 35.2 Å². The number of benzene rings is 1. The second-order valence-corrected chi connectivity index (χ2v) is 9.84. The molecule has 0 aliphatic heterocycles. The number of imidazole rings is 1. The molecule has 1 aromatic carbocycles. The van der Waals surface area contributed by atoms with Gasteiger partial charge in [-0.15, -0.1) is 0 Å². The fraction of sp³-hybridized carbons (Fsp3) is 0.227. The number of nitrogens with zero attached hydrogens (tertiary/aromatic N) is 4. The maximum Gasteiger partial charge on any atom is 0.451 e. The topological polar surface area (TPSA) is 119 Å². The lowest BCUT2D eigenvalue weighted by Crippen LogP contribution is -2.29. The lowest BCUT2D eigenvalue weighted by Gasteiger charge is -2.22. The number of sulfonamides is 1. The summed E-state index contributed by atoms with van der Waals surface area (Å²) in [5, 5.41) is 2.88. The molecule has 5 rings (SSSR count). The van der Waals surface area contributed by atoms with Crippen LogP contribution in [0.2, 0.25) is 0 Å². The summed E-state index contributed by atoms with van der Waals surface area (Å²) < 4.78 is 97.4. The van der Waals surface area contributed by atoms with Crippen molar-refractivity contribution in [2.24, 2.45) is 0 Å². The highest BCUT2D eigenvalue weighted by atomic mass is 32.2.